The molecule has 3 aromatic rings. The Kier molecular flexibility index (Phi) is 6.54. The Bertz CT molecular complexity index is 1180. The highest BCUT2D eigenvalue weighted by molar-refractivity contribution is 6.33. The van der Waals surface area contributed by atoms with Crippen molar-refractivity contribution in [1.29, 1.82) is 0 Å². The topological polar surface area (TPSA) is 86.1 Å². The molecule has 11 heteroatoms. The number of ether oxygens (including phenoxy) is 1. The number of carbonyl (C=O) groups is 2. The van der Waals surface area contributed by atoms with Crippen LogP contribution in [0.2, 0.25) is 5.02 Å². The van der Waals surface area contributed by atoms with Gasteiger partial charge >= 0.3 is 12.1 Å². The normalized spacial score (nSPS) is 12.3. The number of aromatic nitrogens is 3. The predicted octanol–water partition coefficient (Wildman–Crippen LogP) is 4.74. The van der Waals surface area contributed by atoms with Crippen molar-refractivity contribution in [3.8, 4) is 5.82 Å². The Hall–Kier alpha value is -3.40. The van der Waals surface area contributed by atoms with Gasteiger partial charge in [0.05, 0.1) is 22.0 Å². The molecule has 1 atom stereocenters. The van der Waals surface area contributed by atoms with Crippen LogP contribution in [0.15, 0.2) is 42.5 Å². The molecular formula is C21H18ClF3N4O3. The van der Waals surface area contributed by atoms with E-state index in [0.29, 0.717) is 5.82 Å². The molecule has 0 bridgehead atoms. The van der Waals surface area contributed by atoms with Gasteiger partial charge in [-0.25, -0.2) is 14.5 Å². The lowest BCUT2D eigenvalue weighted by Crippen LogP contribution is -2.31. The largest absolute Gasteiger partial charge is 0.448 e. The summed E-state index contributed by atoms with van der Waals surface area (Å²) >= 11 is 6.07. The third kappa shape index (κ3) is 5.08. The maximum Gasteiger partial charge on any atom is 0.418 e. The van der Waals surface area contributed by atoms with Crippen LogP contribution in [0.4, 0.5) is 18.9 Å². The number of nitrogens with one attached hydrogen (secondary N) is 1. The predicted molar refractivity (Wildman–Crippen MR) is 111 cm³/mol. The van der Waals surface area contributed by atoms with Gasteiger partial charge < -0.3 is 10.1 Å². The van der Waals surface area contributed by atoms with E-state index in [0.717, 1.165) is 23.5 Å². The molecule has 0 spiro atoms. The smallest absolute Gasteiger partial charge is 0.418 e. The summed E-state index contributed by atoms with van der Waals surface area (Å²) < 4.78 is 46.0. The third-order valence-corrected chi connectivity index (χ3v) is 4.70. The molecule has 168 valence electrons. The van der Waals surface area contributed by atoms with Crippen LogP contribution in [-0.2, 0) is 15.7 Å². The third-order valence-electron chi connectivity index (χ3n) is 4.39. The summed E-state index contributed by atoms with van der Waals surface area (Å²) in [4.78, 5) is 29.1. The Morgan fingerprint density at radius 1 is 1.16 bits per heavy atom. The standard InChI is InChI=1S/C21H18ClF3N4O3/c1-11-10-12(2)29(28-11)17-9-8-15(22)18(27-17)20(31)32-13(3)19(30)26-16-7-5-4-6-14(16)21(23,24)25/h4-10,13H,1-3H3,(H,26,30). The number of esters is 1. The van der Waals surface area contributed by atoms with E-state index in [1.165, 1.54) is 29.8 Å². The molecule has 0 fully saturated rings. The van der Waals surface area contributed by atoms with E-state index in [1.54, 1.807) is 19.9 Å². The number of aryl methyl sites for hydroxylation is 2. The van der Waals surface area contributed by atoms with Crippen LogP contribution >= 0.6 is 11.6 Å². The van der Waals surface area contributed by atoms with E-state index in [2.05, 4.69) is 15.4 Å². The minimum Gasteiger partial charge on any atom is -0.448 e. The zero-order valence-corrected chi connectivity index (χ0v) is 18.0. The number of anilines is 1. The molecule has 32 heavy (non-hydrogen) atoms. The van der Waals surface area contributed by atoms with Gasteiger partial charge in [0.1, 0.15) is 0 Å². The Morgan fingerprint density at radius 2 is 1.84 bits per heavy atom. The minimum absolute atomic E-state index is 0.0182. The maximum absolute atomic E-state index is 13.1. The van der Waals surface area contributed by atoms with Gasteiger partial charge in [-0.3, -0.25) is 4.79 Å². The van der Waals surface area contributed by atoms with Crippen molar-refractivity contribution in [2.45, 2.75) is 33.1 Å². The molecule has 0 aliphatic rings. The number of nitrogens with zero attached hydrogens (tertiary/aromatic N) is 3. The maximum atomic E-state index is 13.1. The number of rotatable bonds is 5. The minimum atomic E-state index is -4.66. The number of carbonyl (C=O) groups excluding carboxylic acids is 2. The lowest BCUT2D eigenvalue weighted by Gasteiger charge is -2.17. The number of benzene rings is 1. The van der Waals surface area contributed by atoms with Crippen LogP contribution < -0.4 is 5.32 Å². The van der Waals surface area contributed by atoms with Crippen molar-refractivity contribution in [2.75, 3.05) is 5.32 Å². The van der Waals surface area contributed by atoms with Crippen LogP contribution in [0.3, 0.4) is 0 Å². The highest BCUT2D eigenvalue weighted by atomic mass is 35.5. The fourth-order valence-corrected chi connectivity index (χ4v) is 3.08. The molecule has 1 unspecified atom stereocenters. The van der Waals surface area contributed by atoms with Crippen LogP contribution in [0.1, 0.15) is 34.4 Å². The monoisotopic (exact) mass is 466 g/mol. The Morgan fingerprint density at radius 3 is 2.47 bits per heavy atom. The highest BCUT2D eigenvalue weighted by Gasteiger charge is 2.34. The molecule has 0 aliphatic heterocycles. The van der Waals surface area contributed by atoms with E-state index in [1.807, 2.05) is 6.07 Å². The molecule has 7 nitrogen and oxygen atoms in total. The number of alkyl halides is 3. The number of para-hydroxylation sites is 1. The van der Waals surface area contributed by atoms with Gasteiger partial charge in [-0.1, -0.05) is 23.7 Å². The van der Waals surface area contributed by atoms with Crippen molar-refractivity contribution in [2.24, 2.45) is 0 Å². The second kappa shape index (κ2) is 8.99. The first-order chi connectivity index (χ1) is 15.0. The fourth-order valence-electron chi connectivity index (χ4n) is 2.90. The summed E-state index contributed by atoms with van der Waals surface area (Å²) in [5.74, 6) is -1.64. The summed E-state index contributed by atoms with van der Waals surface area (Å²) in [6.07, 6.45) is -6.08. The number of hydrogen-bond donors (Lipinski definition) is 1. The average molecular weight is 467 g/mol. The van der Waals surface area contributed by atoms with Crippen LogP contribution in [-0.4, -0.2) is 32.7 Å². The van der Waals surface area contributed by atoms with Crippen LogP contribution in [0.25, 0.3) is 5.82 Å². The Labute approximate surface area is 186 Å². The van der Waals surface area contributed by atoms with Gasteiger partial charge in [0.25, 0.3) is 5.91 Å². The summed E-state index contributed by atoms with van der Waals surface area (Å²) in [6.45, 7) is 4.83. The summed E-state index contributed by atoms with van der Waals surface area (Å²) in [5, 5.41) is 6.39. The summed E-state index contributed by atoms with van der Waals surface area (Å²) in [7, 11) is 0. The van der Waals surface area contributed by atoms with Crippen LogP contribution in [0.5, 0.6) is 0 Å². The molecule has 0 radical (unpaired) electrons. The summed E-state index contributed by atoms with van der Waals surface area (Å²) in [6, 6.07) is 9.29. The van der Waals surface area contributed by atoms with Gasteiger partial charge in [-0.15, -0.1) is 0 Å². The van der Waals surface area contributed by atoms with E-state index >= 15 is 0 Å². The zero-order valence-electron chi connectivity index (χ0n) is 17.2. The second-order valence-electron chi connectivity index (χ2n) is 6.92. The van der Waals surface area contributed by atoms with Crippen LogP contribution in [0, 0.1) is 13.8 Å². The molecule has 3 rings (SSSR count). The number of hydrogen-bond acceptors (Lipinski definition) is 5. The average Bonchev–Trinajstić information content (AvgIpc) is 3.05. The van der Waals surface area contributed by atoms with Crippen molar-refractivity contribution < 1.29 is 27.5 Å². The molecule has 0 aliphatic carbocycles. The summed E-state index contributed by atoms with van der Waals surface area (Å²) in [5.41, 5.74) is -0.211. The first-order valence-corrected chi connectivity index (χ1v) is 9.73. The molecule has 0 saturated carbocycles. The molecule has 1 amide bonds. The van der Waals surface area contributed by atoms with Gasteiger partial charge in [-0.2, -0.15) is 18.3 Å². The van der Waals surface area contributed by atoms with Crippen molar-refractivity contribution >= 4 is 29.2 Å². The number of amides is 1. The highest BCUT2D eigenvalue weighted by Crippen LogP contribution is 2.34. The fraction of sp³-hybridized carbons (Fsp3) is 0.238. The van der Waals surface area contributed by atoms with Crippen molar-refractivity contribution in [3.63, 3.8) is 0 Å². The number of pyridine rings is 1. The van der Waals surface area contributed by atoms with Gasteiger partial charge in [0.2, 0.25) is 0 Å². The first-order valence-electron chi connectivity index (χ1n) is 9.35. The van der Waals surface area contributed by atoms with Gasteiger partial charge in [-0.05, 0) is 51.1 Å². The molecular weight excluding hydrogens is 449 g/mol. The van der Waals surface area contributed by atoms with E-state index in [-0.39, 0.29) is 10.7 Å². The van der Waals surface area contributed by atoms with Gasteiger partial charge in [0, 0.05) is 5.69 Å². The molecule has 2 aromatic heterocycles. The zero-order chi connectivity index (χ0) is 23.6. The van der Waals surface area contributed by atoms with E-state index < -0.39 is 35.4 Å². The Balaban J connectivity index is 1.77. The van der Waals surface area contributed by atoms with Crippen molar-refractivity contribution in [3.05, 3.63) is 70.1 Å². The molecule has 0 saturated heterocycles. The molecule has 1 N–H and O–H groups in total. The van der Waals surface area contributed by atoms with Crippen molar-refractivity contribution in [1.82, 2.24) is 14.8 Å². The SMILES string of the molecule is Cc1cc(C)n(-c2ccc(Cl)c(C(=O)OC(C)C(=O)Nc3ccccc3C(F)(F)F)n2)n1. The molecule has 1 aromatic carbocycles. The quantitative estimate of drug-likeness (QED) is 0.549. The lowest BCUT2D eigenvalue weighted by atomic mass is 10.1. The van der Waals surface area contributed by atoms with E-state index in [9.17, 15) is 22.8 Å². The first kappa shape index (κ1) is 23.3. The second-order valence-corrected chi connectivity index (χ2v) is 7.33. The lowest BCUT2D eigenvalue weighted by molar-refractivity contribution is -0.137. The molecule has 2 heterocycles. The van der Waals surface area contributed by atoms with E-state index in [4.69, 9.17) is 16.3 Å². The van der Waals surface area contributed by atoms with Gasteiger partial charge in [0.15, 0.2) is 17.6 Å². The number of halogens is 4.